The number of rotatable bonds is 11. The van der Waals surface area contributed by atoms with Crippen molar-refractivity contribution >= 4 is 47.5 Å². The van der Waals surface area contributed by atoms with Crippen molar-refractivity contribution in [2.45, 2.75) is 43.9 Å². The number of urea groups is 2. The molecular weight excluding hydrogens is 879 g/mol. The number of nitrogens with one attached hydrogen (secondary N) is 4. The highest BCUT2D eigenvalue weighted by molar-refractivity contribution is 6.10. The molecule has 0 unspecified atom stereocenters. The van der Waals surface area contributed by atoms with Gasteiger partial charge < -0.3 is 46.5 Å². The molecule has 4 aromatic carbocycles. The molecule has 4 aliphatic rings. The van der Waals surface area contributed by atoms with Gasteiger partial charge in [-0.3, -0.25) is 39.4 Å². The maximum absolute atomic E-state index is 13.8. The summed E-state index contributed by atoms with van der Waals surface area (Å²) in [5.74, 6) is 1.11. The van der Waals surface area contributed by atoms with E-state index in [-0.39, 0.29) is 74.1 Å². The Bertz CT molecular complexity index is 2790. The fraction of sp³-hybridized carbons (Fsp3) is 0.261. The van der Waals surface area contributed by atoms with E-state index >= 15 is 0 Å². The summed E-state index contributed by atoms with van der Waals surface area (Å²) >= 11 is 0. The molecule has 0 radical (unpaired) electrons. The van der Waals surface area contributed by atoms with Gasteiger partial charge in [0.1, 0.15) is 28.7 Å². The zero-order valence-corrected chi connectivity index (χ0v) is 36.2. The fourth-order valence-corrected chi connectivity index (χ4v) is 7.67. The summed E-state index contributed by atoms with van der Waals surface area (Å²) in [6.45, 7) is 2.15. The van der Waals surface area contributed by atoms with Gasteiger partial charge in [-0.1, -0.05) is 30.0 Å². The number of carbonyl (C=O) groups is 8. The average molecular weight is 923 g/mol. The maximum atomic E-state index is 13.8. The predicted octanol–water partition coefficient (Wildman–Crippen LogP) is 1.62. The number of aryl methyl sites for hydroxylation is 1. The highest BCUT2D eigenvalue weighted by Gasteiger charge is 2.50. The van der Waals surface area contributed by atoms with Gasteiger partial charge in [-0.25, -0.2) is 18.4 Å². The van der Waals surface area contributed by atoms with Gasteiger partial charge in [-0.2, -0.15) is 0 Å². The summed E-state index contributed by atoms with van der Waals surface area (Å²) in [5, 5.41) is 17.1. The van der Waals surface area contributed by atoms with E-state index in [1.807, 2.05) is 0 Å². The first-order valence-corrected chi connectivity index (χ1v) is 20.4. The summed E-state index contributed by atoms with van der Waals surface area (Å²) in [5.41, 5.74) is 9.85. The van der Waals surface area contributed by atoms with Crippen molar-refractivity contribution in [2.75, 3.05) is 33.9 Å². The monoisotopic (exact) mass is 922 g/mol. The Morgan fingerprint density at radius 1 is 0.716 bits per heavy atom. The van der Waals surface area contributed by atoms with Gasteiger partial charge in [0, 0.05) is 36.4 Å². The minimum atomic E-state index is -1.74. The number of imide groups is 2. The molecule has 4 heterocycles. The molecule has 0 saturated carbocycles. The van der Waals surface area contributed by atoms with Crippen LogP contribution in [0.1, 0.15) is 77.0 Å². The molecule has 2 fully saturated rings. The van der Waals surface area contributed by atoms with Crippen LogP contribution < -0.4 is 42.2 Å². The van der Waals surface area contributed by atoms with E-state index in [4.69, 9.17) is 26.0 Å². The normalized spacial score (nSPS) is 18.7. The first kappa shape index (κ1) is 48.1. The summed E-state index contributed by atoms with van der Waals surface area (Å²) < 4.78 is 37.8. The summed E-state index contributed by atoms with van der Waals surface area (Å²) in [6.07, 6.45) is 0.356. The van der Waals surface area contributed by atoms with Crippen LogP contribution >= 0.6 is 0 Å². The lowest BCUT2D eigenvalue weighted by atomic mass is 9.90. The van der Waals surface area contributed by atoms with Gasteiger partial charge in [0.25, 0.3) is 35.4 Å². The standard InChI is InChI=1S/C22H21FN4O5.C22H17FN4O5.C2H6O/c2*1-32-14-4-3-13-10-27(19(29)15(13)9-14)11-22(20(30)25-21(31)26-22)7-6-12-2-5-17(23)16(8-12)18(24)28;1-2-3/h2-5,8-9H,6-7,10-11H2,1H3,(H2,24,28)(H2,25,26,30,31);2-5,8-9H,10-11H2,1H3,(H2,24,28)(H2,25,26,30,31);3H,2H2,1H3/t2*22-;/m11./s1. The van der Waals surface area contributed by atoms with Crippen molar-refractivity contribution in [1.29, 1.82) is 0 Å². The van der Waals surface area contributed by atoms with Crippen molar-refractivity contribution in [1.82, 2.24) is 31.1 Å². The number of methoxy groups -OCH3 is 2. The van der Waals surface area contributed by atoms with Crippen molar-refractivity contribution in [3.8, 4) is 23.3 Å². The molecule has 2 atom stereocenters. The molecule has 0 spiro atoms. The van der Waals surface area contributed by atoms with Crippen LogP contribution in [-0.4, -0.2) is 107 Å². The van der Waals surface area contributed by atoms with Crippen molar-refractivity contribution < 1.29 is 61.7 Å². The number of nitrogens with zero attached hydrogens (tertiary/aromatic N) is 2. The fourth-order valence-electron chi connectivity index (χ4n) is 7.67. The number of halogens is 2. The molecule has 4 aromatic rings. The Labute approximate surface area is 381 Å². The molecule has 348 valence electrons. The Kier molecular flexibility index (Phi) is 14.2. The smallest absolute Gasteiger partial charge is 0.323 e. The van der Waals surface area contributed by atoms with Crippen LogP contribution in [0.5, 0.6) is 11.5 Å². The van der Waals surface area contributed by atoms with E-state index in [1.54, 1.807) is 43.3 Å². The van der Waals surface area contributed by atoms with Crippen molar-refractivity contribution in [3.05, 3.63) is 129 Å². The largest absolute Gasteiger partial charge is 0.497 e. The molecule has 8 rings (SSSR count). The number of carbonyl (C=O) groups excluding carboxylic acids is 8. The molecule has 0 bridgehead atoms. The van der Waals surface area contributed by atoms with Gasteiger partial charge >= 0.3 is 12.1 Å². The minimum Gasteiger partial charge on any atom is -0.497 e. The molecule has 19 nitrogen and oxygen atoms in total. The Hall–Kier alpha value is -8.38. The lowest BCUT2D eigenvalue weighted by Gasteiger charge is -2.31. The number of fused-ring (bicyclic) bond motifs is 2. The van der Waals surface area contributed by atoms with E-state index in [0.29, 0.717) is 28.2 Å². The van der Waals surface area contributed by atoms with Gasteiger partial charge in [0.05, 0.1) is 38.4 Å². The third-order valence-electron chi connectivity index (χ3n) is 11.0. The highest BCUT2D eigenvalue weighted by Crippen LogP contribution is 2.31. The van der Waals surface area contributed by atoms with Gasteiger partial charge in [0.2, 0.25) is 5.54 Å². The molecule has 67 heavy (non-hydrogen) atoms. The second-order valence-corrected chi connectivity index (χ2v) is 15.5. The highest BCUT2D eigenvalue weighted by atomic mass is 19.1. The maximum Gasteiger partial charge on any atom is 0.323 e. The number of hydrogen-bond acceptors (Lipinski definition) is 11. The van der Waals surface area contributed by atoms with Crippen LogP contribution in [0.25, 0.3) is 0 Å². The quantitative estimate of drug-likeness (QED) is 0.0839. The number of benzene rings is 4. The zero-order valence-electron chi connectivity index (χ0n) is 36.2. The van der Waals surface area contributed by atoms with Crippen molar-refractivity contribution in [2.24, 2.45) is 11.5 Å². The number of primary amides is 2. The lowest BCUT2D eigenvalue weighted by Crippen LogP contribution is -2.55. The molecule has 21 heteroatoms. The SMILES string of the molecule is CCO.COc1ccc2c(c1)C(=O)N(C[C@@]1(C#Cc3ccc(F)c(C(N)=O)c3)NC(=O)NC1=O)C2.COc1ccc2c(c1)C(=O)N(C[C@@]1(CCc3ccc(F)c(C(N)=O)c3)NC(=O)NC1=O)C2. The molecule has 0 aromatic heterocycles. The van der Waals surface area contributed by atoms with Crippen LogP contribution in [0, 0.1) is 23.5 Å². The zero-order chi connectivity index (χ0) is 48.8. The first-order valence-electron chi connectivity index (χ1n) is 20.4. The Balaban J connectivity index is 0.000000209. The lowest BCUT2D eigenvalue weighted by molar-refractivity contribution is -0.125. The van der Waals surface area contributed by atoms with Gasteiger partial charge in [0.15, 0.2) is 0 Å². The number of hydrogen-bond donors (Lipinski definition) is 7. The van der Waals surface area contributed by atoms with E-state index in [0.717, 1.165) is 29.3 Å². The number of aliphatic hydroxyl groups excluding tert-OH is 1. The predicted molar refractivity (Wildman–Crippen MR) is 232 cm³/mol. The molecule has 4 aliphatic heterocycles. The van der Waals surface area contributed by atoms with E-state index in [9.17, 15) is 47.1 Å². The van der Waals surface area contributed by atoms with E-state index in [1.165, 1.54) is 42.2 Å². The van der Waals surface area contributed by atoms with Gasteiger partial charge in [-0.05, 0) is 91.1 Å². The average Bonchev–Trinajstić information content (AvgIpc) is 3.97. The third kappa shape index (κ3) is 10.3. The van der Waals surface area contributed by atoms with E-state index in [2.05, 4.69) is 33.1 Å². The van der Waals surface area contributed by atoms with Gasteiger partial charge in [-0.15, -0.1) is 0 Å². The van der Waals surface area contributed by atoms with E-state index < -0.39 is 58.4 Å². The van der Waals surface area contributed by atoms with Crippen LogP contribution in [-0.2, 0) is 29.1 Å². The number of amides is 10. The minimum absolute atomic E-state index is 0.0513. The third-order valence-corrected chi connectivity index (χ3v) is 11.0. The first-order chi connectivity index (χ1) is 31.9. The number of ether oxygens (including phenoxy) is 2. The summed E-state index contributed by atoms with van der Waals surface area (Å²) in [7, 11) is 2.99. The van der Waals surface area contributed by atoms with Crippen molar-refractivity contribution in [3.63, 3.8) is 0 Å². The van der Waals surface area contributed by atoms with Crippen LogP contribution in [0.2, 0.25) is 0 Å². The Morgan fingerprint density at radius 3 is 1.72 bits per heavy atom. The Morgan fingerprint density at radius 2 is 1.22 bits per heavy atom. The second-order valence-electron chi connectivity index (χ2n) is 15.5. The summed E-state index contributed by atoms with van der Waals surface area (Å²) in [6, 6.07) is 16.3. The van der Waals surface area contributed by atoms with Crippen LogP contribution in [0.3, 0.4) is 0 Å². The topological polar surface area (TPSA) is 282 Å². The number of nitrogens with two attached hydrogens (primary N) is 2. The molecule has 9 N–H and O–H groups in total. The second kappa shape index (κ2) is 19.8. The van der Waals surface area contributed by atoms with Crippen LogP contribution in [0.15, 0.2) is 72.8 Å². The number of aliphatic hydroxyl groups is 1. The summed E-state index contributed by atoms with van der Waals surface area (Å²) in [4.78, 5) is 101. The molecule has 0 aliphatic carbocycles. The molecule has 10 amide bonds. The van der Waals surface area contributed by atoms with Crippen LogP contribution in [0.4, 0.5) is 18.4 Å². The molecule has 2 saturated heterocycles. The molecular formula is C46H44F2N8O11.